The van der Waals surface area contributed by atoms with Crippen LogP contribution in [0.5, 0.6) is 0 Å². The molecule has 0 atom stereocenters. The summed E-state index contributed by atoms with van der Waals surface area (Å²) >= 11 is 0. The molecule has 0 aliphatic heterocycles. The molecule has 0 aromatic rings. The third-order valence-corrected chi connectivity index (χ3v) is 1.47. The van der Waals surface area contributed by atoms with Gasteiger partial charge in [0.05, 0.1) is 0 Å². The number of rotatable bonds is 5. The van der Waals surface area contributed by atoms with E-state index in [1.165, 1.54) is 0 Å². The van der Waals surface area contributed by atoms with Crippen LogP contribution >= 0.6 is 0 Å². The normalized spacial score (nSPS) is 12.8. The highest BCUT2D eigenvalue weighted by molar-refractivity contribution is 5.72. The monoisotopic (exact) mass is 166 g/mol. The van der Waals surface area contributed by atoms with Crippen LogP contribution in [0.3, 0.4) is 0 Å². The fourth-order valence-corrected chi connectivity index (χ4v) is 0.718. The molecule has 0 heterocycles. The van der Waals surface area contributed by atoms with Crippen molar-refractivity contribution in [1.82, 2.24) is 0 Å². The van der Waals surface area contributed by atoms with Crippen molar-refractivity contribution in [2.24, 2.45) is 0 Å². The number of carbonyl (C=O) groups excluding carboxylic acids is 2. The molecule has 0 aromatic heterocycles. The van der Waals surface area contributed by atoms with Gasteiger partial charge in [-0.05, 0) is 37.8 Å². The van der Waals surface area contributed by atoms with Crippen LogP contribution in [0.15, 0.2) is 23.3 Å². The van der Waals surface area contributed by atoms with Gasteiger partial charge in [-0.2, -0.15) is 0 Å². The smallest absolute Gasteiger partial charge is 0.145 e. The average Bonchev–Trinajstić information content (AvgIpc) is 2.11. The Morgan fingerprint density at radius 1 is 0.917 bits per heavy atom. The molecule has 0 fully saturated rings. The van der Waals surface area contributed by atoms with E-state index in [1.807, 2.05) is 12.2 Å². The first-order valence-electron chi connectivity index (χ1n) is 3.94. The van der Waals surface area contributed by atoms with E-state index >= 15 is 0 Å². The van der Waals surface area contributed by atoms with Gasteiger partial charge in [0.2, 0.25) is 0 Å². The van der Waals surface area contributed by atoms with E-state index in [9.17, 15) is 9.59 Å². The first-order valence-corrected chi connectivity index (χ1v) is 3.94. The van der Waals surface area contributed by atoms with E-state index in [4.69, 9.17) is 0 Å². The summed E-state index contributed by atoms with van der Waals surface area (Å²) in [6, 6.07) is 0. The molecule has 12 heavy (non-hydrogen) atoms. The van der Waals surface area contributed by atoms with E-state index in [0.29, 0.717) is 0 Å². The van der Waals surface area contributed by atoms with Crippen molar-refractivity contribution in [3.63, 3.8) is 0 Å². The second-order valence-electron chi connectivity index (χ2n) is 2.71. The number of allylic oxidation sites excluding steroid dienone is 4. The maximum Gasteiger partial charge on any atom is 0.145 e. The summed E-state index contributed by atoms with van der Waals surface area (Å²) < 4.78 is 0. The molecule has 0 N–H and O–H groups in total. The van der Waals surface area contributed by atoms with Crippen molar-refractivity contribution in [3.05, 3.63) is 23.3 Å². The third-order valence-electron chi connectivity index (χ3n) is 1.47. The second kappa shape index (κ2) is 6.53. The Morgan fingerprint density at radius 2 is 1.25 bits per heavy atom. The highest BCUT2D eigenvalue weighted by Crippen LogP contribution is 1.99. The van der Waals surface area contributed by atoms with Crippen molar-refractivity contribution < 1.29 is 9.59 Å². The van der Waals surface area contributed by atoms with Crippen LogP contribution < -0.4 is 0 Å². The first kappa shape index (κ1) is 10.8. The van der Waals surface area contributed by atoms with Crippen LogP contribution in [-0.4, -0.2) is 12.6 Å². The summed E-state index contributed by atoms with van der Waals surface area (Å²) in [5.41, 5.74) is 1.49. The molecular weight excluding hydrogens is 152 g/mol. The zero-order valence-electron chi connectivity index (χ0n) is 7.54. The maximum absolute atomic E-state index is 10.1. The molecule has 0 unspecified atom stereocenters. The topological polar surface area (TPSA) is 34.1 Å². The summed E-state index contributed by atoms with van der Waals surface area (Å²) in [6.07, 6.45) is 7.02. The molecule has 0 spiro atoms. The van der Waals surface area contributed by atoms with Gasteiger partial charge in [0.25, 0.3) is 0 Å². The molecule has 0 amide bonds. The van der Waals surface area contributed by atoms with Gasteiger partial charge >= 0.3 is 0 Å². The van der Waals surface area contributed by atoms with E-state index in [1.54, 1.807) is 13.8 Å². The lowest BCUT2D eigenvalue weighted by molar-refractivity contribution is -0.105. The quantitative estimate of drug-likeness (QED) is 0.356. The number of unbranched alkanes of at least 4 members (excludes halogenated alkanes) is 1. The van der Waals surface area contributed by atoms with Gasteiger partial charge in [0.15, 0.2) is 0 Å². The highest BCUT2D eigenvalue weighted by Gasteiger charge is 1.85. The van der Waals surface area contributed by atoms with Crippen LogP contribution in [-0.2, 0) is 9.59 Å². The molecule has 0 saturated heterocycles. The number of aldehydes is 2. The molecule has 0 aromatic carbocycles. The Bertz CT molecular complexity index is 188. The Morgan fingerprint density at radius 3 is 1.50 bits per heavy atom. The van der Waals surface area contributed by atoms with Crippen molar-refractivity contribution in [1.29, 1.82) is 0 Å². The molecular formula is C10H14O2. The predicted molar refractivity (Wildman–Crippen MR) is 48.9 cm³/mol. The van der Waals surface area contributed by atoms with Gasteiger partial charge < -0.3 is 0 Å². The molecule has 0 radical (unpaired) electrons. The van der Waals surface area contributed by atoms with Gasteiger partial charge in [-0.1, -0.05) is 12.2 Å². The zero-order valence-corrected chi connectivity index (χ0v) is 7.54. The summed E-state index contributed by atoms with van der Waals surface area (Å²) in [6.45, 7) is 3.53. The Balaban J connectivity index is 3.71. The van der Waals surface area contributed by atoms with Crippen molar-refractivity contribution in [2.45, 2.75) is 26.7 Å². The second-order valence-corrected chi connectivity index (χ2v) is 2.71. The molecule has 2 heteroatoms. The zero-order chi connectivity index (χ0) is 9.40. The maximum atomic E-state index is 10.1. The van der Waals surface area contributed by atoms with Crippen LogP contribution in [0.2, 0.25) is 0 Å². The molecule has 0 saturated carbocycles. The van der Waals surface area contributed by atoms with Gasteiger partial charge in [0.1, 0.15) is 12.6 Å². The molecule has 66 valence electrons. The van der Waals surface area contributed by atoms with Gasteiger partial charge in [-0.25, -0.2) is 0 Å². The fraction of sp³-hybridized carbons (Fsp3) is 0.400. The van der Waals surface area contributed by atoms with E-state index < -0.39 is 0 Å². The Kier molecular flexibility index (Phi) is 5.88. The van der Waals surface area contributed by atoms with E-state index in [-0.39, 0.29) is 0 Å². The third kappa shape index (κ3) is 5.59. The minimum Gasteiger partial charge on any atom is -0.298 e. The van der Waals surface area contributed by atoms with Crippen LogP contribution in [0.25, 0.3) is 0 Å². The first-order chi connectivity index (χ1) is 5.70. The SMILES string of the molecule is CC(C=O)=CCCC=C(C)C=O. The summed E-state index contributed by atoms with van der Waals surface area (Å²) in [5, 5.41) is 0. The highest BCUT2D eigenvalue weighted by atomic mass is 16.1. The molecule has 0 rings (SSSR count). The predicted octanol–water partition coefficient (Wildman–Crippen LogP) is 2.06. The standard InChI is InChI=1S/C10H14O2/c1-9(7-11)5-3-4-6-10(2)8-12/h5-8H,3-4H2,1-2H3. The van der Waals surface area contributed by atoms with E-state index in [2.05, 4.69) is 0 Å². The largest absolute Gasteiger partial charge is 0.298 e. The van der Waals surface area contributed by atoms with Gasteiger partial charge in [-0.3, -0.25) is 9.59 Å². The van der Waals surface area contributed by atoms with Gasteiger partial charge in [0, 0.05) is 0 Å². The lowest BCUT2D eigenvalue weighted by Crippen LogP contribution is -1.78. The van der Waals surface area contributed by atoms with Crippen LogP contribution in [0.4, 0.5) is 0 Å². The minimum atomic E-state index is 0.743. The van der Waals surface area contributed by atoms with Gasteiger partial charge in [-0.15, -0.1) is 0 Å². The number of carbonyl (C=O) groups is 2. The minimum absolute atomic E-state index is 0.743. The summed E-state index contributed by atoms with van der Waals surface area (Å²) in [5.74, 6) is 0. The van der Waals surface area contributed by atoms with Crippen molar-refractivity contribution >= 4 is 12.6 Å². The summed E-state index contributed by atoms with van der Waals surface area (Å²) in [7, 11) is 0. The Hall–Kier alpha value is -1.18. The number of hydrogen-bond acceptors (Lipinski definition) is 2. The van der Waals surface area contributed by atoms with Crippen molar-refractivity contribution in [3.8, 4) is 0 Å². The summed E-state index contributed by atoms with van der Waals surface area (Å²) in [4.78, 5) is 20.3. The molecule has 2 nitrogen and oxygen atoms in total. The lowest BCUT2D eigenvalue weighted by atomic mass is 10.2. The molecule has 0 bridgehead atoms. The number of hydrogen-bond donors (Lipinski definition) is 0. The molecule has 0 aliphatic carbocycles. The van der Waals surface area contributed by atoms with Crippen LogP contribution in [0, 0.1) is 0 Å². The average molecular weight is 166 g/mol. The van der Waals surface area contributed by atoms with E-state index in [0.717, 1.165) is 36.6 Å². The fourth-order valence-electron chi connectivity index (χ4n) is 0.718. The lowest BCUT2D eigenvalue weighted by Gasteiger charge is -1.89. The van der Waals surface area contributed by atoms with Crippen molar-refractivity contribution in [2.75, 3.05) is 0 Å². The van der Waals surface area contributed by atoms with Crippen LogP contribution in [0.1, 0.15) is 26.7 Å². The Labute approximate surface area is 73.0 Å². The molecule has 0 aliphatic rings.